The van der Waals surface area contributed by atoms with Gasteiger partial charge in [0.15, 0.2) is 5.65 Å². The van der Waals surface area contributed by atoms with Gasteiger partial charge >= 0.3 is 0 Å². The number of anilines is 1. The van der Waals surface area contributed by atoms with Gasteiger partial charge in [-0.1, -0.05) is 54.6 Å². The minimum atomic E-state index is 0.0388. The Morgan fingerprint density at radius 2 is 1.50 bits per heavy atom. The third-order valence-corrected chi connectivity index (χ3v) is 4.46. The standard InChI is InChI=1S/C22H21N5O/c23-14-15-6-8-17(9-7-15)21-20(16-4-2-1-3-5-16)25-18-10-11-19(24-12-13-28)26-22(18)27-21/h1-11,28H,12-14,23H2,(H,24,26,27). The first kappa shape index (κ1) is 18.0. The molecule has 6 nitrogen and oxygen atoms in total. The van der Waals surface area contributed by atoms with Crippen molar-refractivity contribution < 1.29 is 5.11 Å². The highest BCUT2D eigenvalue weighted by molar-refractivity contribution is 5.85. The van der Waals surface area contributed by atoms with Crippen LogP contribution < -0.4 is 11.1 Å². The largest absolute Gasteiger partial charge is 0.395 e. The average molecular weight is 371 g/mol. The molecule has 0 spiro atoms. The molecule has 4 N–H and O–H groups in total. The summed E-state index contributed by atoms with van der Waals surface area (Å²) in [6.45, 7) is 0.967. The normalized spacial score (nSPS) is 10.9. The molecule has 0 fully saturated rings. The monoisotopic (exact) mass is 371 g/mol. The number of nitrogens with zero attached hydrogens (tertiary/aromatic N) is 3. The summed E-state index contributed by atoms with van der Waals surface area (Å²) < 4.78 is 0. The predicted molar refractivity (Wildman–Crippen MR) is 112 cm³/mol. The molecule has 0 aliphatic heterocycles. The minimum absolute atomic E-state index is 0.0388. The molecule has 2 aromatic heterocycles. The molecule has 140 valence electrons. The quantitative estimate of drug-likeness (QED) is 0.481. The molecule has 2 aromatic carbocycles. The minimum Gasteiger partial charge on any atom is -0.395 e. The SMILES string of the molecule is NCc1ccc(-c2nc3nc(NCCO)ccc3nc2-c2ccccc2)cc1. The van der Waals surface area contributed by atoms with Crippen LogP contribution in [0.1, 0.15) is 5.56 Å². The van der Waals surface area contributed by atoms with Crippen molar-refractivity contribution in [3.8, 4) is 22.5 Å². The van der Waals surface area contributed by atoms with Gasteiger partial charge in [0, 0.05) is 24.2 Å². The van der Waals surface area contributed by atoms with E-state index in [2.05, 4.69) is 10.3 Å². The second-order valence-corrected chi connectivity index (χ2v) is 6.38. The van der Waals surface area contributed by atoms with E-state index < -0.39 is 0 Å². The fourth-order valence-electron chi connectivity index (χ4n) is 3.02. The van der Waals surface area contributed by atoms with Crippen molar-refractivity contribution in [2.75, 3.05) is 18.5 Å². The lowest BCUT2D eigenvalue weighted by atomic mass is 10.0. The number of aliphatic hydroxyl groups is 1. The van der Waals surface area contributed by atoms with E-state index in [1.165, 1.54) is 0 Å². The summed E-state index contributed by atoms with van der Waals surface area (Å²) in [4.78, 5) is 14.2. The second kappa shape index (κ2) is 8.12. The van der Waals surface area contributed by atoms with E-state index in [-0.39, 0.29) is 6.61 Å². The maximum atomic E-state index is 9.01. The summed E-state index contributed by atoms with van der Waals surface area (Å²) in [7, 11) is 0. The summed E-state index contributed by atoms with van der Waals surface area (Å²) in [5.74, 6) is 0.660. The molecule has 4 rings (SSSR count). The molecule has 2 heterocycles. The lowest BCUT2D eigenvalue weighted by Crippen LogP contribution is -2.07. The predicted octanol–water partition coefficient (Wildman–Crippen LogP) is 3.22. The van der Waals surface area contributed by atoms with Crippen molar-refractivity contribution in [2.24, 2.45) is 5.73 Å². The highest BCUT2D eigenvalue weighted by Gasteiger charge is 2.14. The van der Waals surface area contributed by atoms with E-state index in [1.807, 2.05) is 66.7 Å². The van der Waals surface area contributed by atoms with Gasteiger partial charge in [0.25, 0.3) is 0 Å². The Bertz CT molecular complexity index is 1080. The number of benzene rings is 2. The number of aliphatic hydroxyl groups excluding tert-OH is 1. The van der Waals surface area contributed by atoms with E-state index in [1.54, 1.807) is 0 Å². The molecule has 28 heavy (non-hydrogen) atoms. The highest BCUT2D eigenvalue weighted by atomic mass is 16.3. The molecule has 0 saturated carbocycles. The van der Waals surface area contributed by atoms with E-state index in [9.17, 15) is 0 Å². The summed E-state index contributed by atoms with van der Waals surface area (Å²) in [5, 5.41) is 12.1. The number of rotatable bonds is 6. The molecule has 0 atom stereocenters. The van der Waals surface area contributed by atoms with Crippen molar-refractivity contribution in [2.45, 2.75) is 6.54 Å². The van der Waals surface area contributed by atoms with Gasteiger partial charge < -0.3 is 16.2 Å². The molecule has 0 bridgehead atoms. The van der Waals surface area contributed by atoms with Crippen molar-refractivity contribution in [3.63, 3.8) is 0 Å². The van der Waals surface area contributed by atoms with Gasteiger partial charge in [-0.3, -0.25) is 0 Å². The Morgan fingerprint density at radius 1 is 0.786 bits per heavy atom. The smallest absolute Gasteiger partial charge is 0.180 e. The van der Waals surface area contributed by atoms with E-state index in [0.29, 0.717) is 24.6 Å². The Balaban J connectivity index is 1.89. The summed E-state index contributed by atoms with van der Waals surface area (Å²) in [5.41, 5.74) is 11.6. The van der Waals surface area contributed by atoms with Crippen LogP contribution in [0.15, 0.2) is 66.7 Å². The Morgan fingerprint density at radius 3 is 2.21 bits per heavy atom. The topological polar surface area (TPSA) is 97.0 Å². The molecule has 6 heteroatoms. The zero-order chi connectivity index (χ0) is 19.3. The fourth-order valence-corrected chi connectivity index (χ4v) is 3.02. The summed E-state index contributed by atoms with van der Waals surface area (Å²) in [6.07, 6.45) is 0. The molecule has 0 saturated heterocycles. The van der Waals surface area contributed by atoms with Crippen LogP contribution in [-0.2, 0) is 6.54 Å². The van der Waals surface area contributed by atoms with Crippen LogP contribution in [0.2, 0.25) is 0 Å². The Kier molecular flexibility index (Phi) is 5.23. The lowest BCUT2D eigenvalue weighted by Gasteiger charge is -2.11. The fraction of sp³-hybridized carbons (Fsp3) is 0.136. The van der Waals surface area contributed by atoms with Crippen LogP contribution in [0.3, 0.4) is 0 Å². The van der Waals surface area contributed by atoms with E-state index in [4.69, 9.17) is 20.8 Å². The van der Waals surface area contributed by atoms with Gasteiger partial charge in [-0.25, -0.2) is 15.0 Å². The molecule has 0 radical (unpaired) electrons. The lowest BCUT2D eigenvalue weighted by molar-refractivity contribution is 0.311. The van der Waals surface area contributed by atoms with Gasteiger partial charge in [-0.2, -0.15) is 0 Å². The van der Waals surface area contributed by atoms with Crippen molar-refractivity contribution in [1.82, 2.24) is 15.0 Å². The number of aromatic nitrogens is 3. The van der Waals surface area contributed by atoms with Crippen LogP contribution in [0.4, 0.5) is 5.82 Å². The molecule has 0 unspecified atom stereocenters. The number of fused-ring (bicyclic) bond motifs is 1. The third-order valence-electron chi connectivity index (χ3n) is 4.46. The summed E-state index contributed by atoms with van der Waals surface area (Å²) >= 11 is 0. The third kappa shape index (κ3) is 3.69. The van der Waals surface area contributed by atoms with E-state index >= 15 is 0 Å². The maximum absolute atomic E-state index is 9.01. The second-order valence-electron chi connectivity index (χ2n) is 6.38. The van der Waals surface area contributed by atoms with Crippen LogP contribution in [0, 0.1) is 0 Å². The number of hydrogen-bond donors (Lipinski definition) is 3. The van der Waals surface area contributed by atoms with Gasteiger partial charge in [0.2, 0.25) is 0 Å². The zero-order valence-corrected chi connectivity index (χ0v) is 15.3. The van der Waals surface area contributed by atoms with Crippen molar-refractivity contribution >= 4 is 17.0 Å². The first-order valence-corrected chi connectivity index (χ1v) is 9.17. The molecular weight excluding hydrogens is 350 g/mol. The van der Waals surface area contributed by atoms with E-state index in [0.717, 1.165) is 33.6 Å². The highest BCUT2D eigenvalue weighted by Crippen LogP contribution is 2.31. The molecule has 4 aromatic rings. The first-order valence-electron chi connectivity index (χ1n) is 9.17. The first-order chi connectivity index (χ1) is 13.8. The van der Waals surface area contributed by atoms with Gasteiger partial charge in [-0.05, 0) is 17.7 Å². The summed E-state index contributed by atoms with van der Waals surface area (Å²) in [6, 6.07) is 21.8. The molecule has 0 aliphatic carbocycles. The van der Waals surface area contributed by atoms with Gasteiger partial charge in [0.1, 0.15) is 11.3 Å². The average Bonchev–Trinajstić information content (AvgIpc) is 2.77. The maximum Gasteiger partial charge on any atom is 0.180 e. The van der Waals surface area contributed by atoms with Crippen molar-refractivity contribution in [3.05, 3.63) is 72.3 Å². The Hall–Kier alpha value is -3.35. The molecule has 0 amide bonds. The number of nitrogens with two attached hydrogens (primary N) is 1. The van der Waals surface area contributed by atoms with Crippen LogP contribution >= 0.6 is 0 Å². The number of hydrogen-bond acceptors (Lipinski definition) is 6. The van der Waals surface area contributed by atoms with Crippen LogP contribution in [-0.4, -0.2) is 33.2 Å². The van der Waals surface area contributed by atoms with Crippen LogP contribution in [0.5, 0.6) is 0 Å². The van der Waals surface area contributed by atoms with Gasteiger partial charge in [-0.15, -0.1) is 0 Å². The number of pyridine rings is 1. The van der Waals surface area contributed by atoms with Crippen LogP contribution in [0.25, 0.3) is 33.7 Å². The zero-order valence-electron chi connectivity index (χ0n) is 15.3. The van der Waals surface area contributed by atoms with Crippen molar-refractivity contribution in [1.29, 1.82) is 0 Å². The Labute approximate surface area is 163 Å². The van der Waals surface area contributed by atoms with Gasteiger partial charge in [0.05, 0.1) is 18.0 Å². The molecular formula is C22H21N5O. The number of nitrogens with one attached hydrogen (secondary N) is 1. The molecule has 0 aliphatic rings.